The zero-order valence-electron chi connectivity index (χ0n) is 9.80. The molecule has 0 amide bonds. The standard InChI is InChI=1S/C14H15N3/c1-11-6-5-9-13(17-11)10-16-14(15)12-7-3-2-4-8-12/h2-9H,10H2,1H3,(H2,15,16). The van der Waals surface area contributed by atoms with Gasteiger partial charge in [-0.3, -0.25) is 9.98 Å². The van der Waals surface area contributed by atoms with Crippen molar-refractivity contribution in [3.63, 3.8) is 0 Å². The Labute approximate surface area is 101 Å². The van der Waals surface area contributed by atoms with Crippen molar-refractivity contribution in [1.82, 2.24) is 4.98 Å². The number of nitrogens with two attached hydrogens (primary N) is 1. The average Bonchev–Trinajstić information content (AvgIpc) is 2.37. The predicted molar refractivity (Wildman–Crippen MR) is 69.8 cm³/mol. The van der Waals surface area contributed by atoms with Gasteiger partial charge < -0.3 is 5.73 Å². The smallest absolute Gasteiger partial charge is 0.126 e. The van der Waals surface area contributed by atoms with Crippen molar-refractivity contribution in [3.8, 4) is 0 Å². The minimum atomic E-state index is 0.516. The van der Waals surface area contributed by atoms with E-state index in [0.717, 1.165) is 17.0 Å². The highest BCUT2D eigenvalue weighted by Crippen LogP contribution is 2.02. The number of hydrogen-bond donors (Lipinski definition) is 1. The molecule has 86 valence electrons. The zero-order chi connectivity index (χ0) is 12.1. The second-order valence-electron chi connectivity index (χ2n) is 3.84. The molecule has 1 heterocycles. The summed E-state index contributed by atoms with van der Waals surface area (Å²) < 4.78 is 0. The molecule has 17 heavy (non-hydrogen) atoms. The van der Waals surface area contributed by atoms with Gasteiger partial charge >= 0.3 is 0 Å². The molecule has 1 aromatic heterocycles. The fourth-order valence-electron chi connectivity index (χ4n) is 1.55. The summed E-state index contributed by atoms with van der Waals surface area (Å²) in [5, 5.41) is 0. The van der Waals surface area contributed by atoms with E-state index in [2.05, 4.69) is 9.98 Å². The van der Waals surface area contributed by atoms with Gasteiger partial charge in [-0.1, -0.05) is 36.4 Å². The molecule has 3 heteroatoms. The lowest BCUT2D eigenvalue weighted by Gasteiger charge is -2.01. The lowest BCUT2D eigenvalue weighted by Crippen LogP contribution is -2.13. The molecule has 0 aliphatic carbocycles. The SMILES string of the molecule is Cc1cccc(CN=C(N)c2ccccc2)n1. The molecule has 0 aliphatic heterocycles. The second kappa shape index (κ2) is 5.25. The summed E-state index contributed by atoms with van der Waals surface area (Å²) in [4.78, 5) is 8.71. The van der Waals surface area contributed by atoms with Crippen LogP contribution in [0.3, 0.4) is 0 Å². The number of benzene rings is 1. The number of aryl methyl sites for hydroxylation is 1. The monoisotopic (exact) mass is 225 g/mol. The van der Waals surface area contributed by atoms with Crippen LogP contribution in [-0.4, -0.2) is 10.8 Å². The molecule has 2 N–H and O–H groups in total. The summed E-state index contributed by atoms with van der Waals surface area (Å²) in [5.41, 5.74) is 8.78. The van der Waals surface area contributed by atoms with Gasteiger partial charge in [0.1, 0.15) is 5.84 Å². The Morgan fingerprint density at radius 3 is 2.59 bits per heavy atom. The van der Waals surface area contributed by atoms with Gasteiger partial charge in [0.05, 0.1) is 12.2 Å². The number of nitrogens with zero attached hydrogens (tertiary/aromatic N) is 2. The summed E-state index contributed by atoms with van der Waals surface area (Å²) in [6.07, 6.45) is 0. The quantitative estimate of drug-likeness (QED) is 0.643. The number of hydrogen-bond acceptors (Lipinski definition) is 2. The fourth-order valence-corrected chi connectivity index (χ4v) is 1.55. The molecule has 2 aromatic rings. The Morgan fingerprint density at radius 2 is 1.88 bits per heavy atom. The molecule has 0 saturated carbocycles. The number of aliphatic imine (C=N–C) groups is 1. The third-order valence-corrected chi connectivity index (χ3v) is 2.43. The molecule has 1 aromatic carbocycles. The minimum absolute atomic E-state index is 0.516. The van der Waals surface area contributed by atoms with Gasteiger partial charge in [0, 0.05) is 11.3 Å². The summed E-state index contributed by atoms with van der Waals surface area (Å²) in [6.45, 7) is 2.48. The van der Waals surface area contributed by atoms with Gasteiger partial charge in [0.2, 0.25) is 0 Å². The maximum absolute atomic E-state index is 5.90. The van der Waals surface area contributed by atoms with Crippen molar-refractivity contribution < 1.29 is 0 Å². The maximum atomic E-state index is 5.90. The largest absolute Gasteiger partial charge is 0.383 e. The van der Waals surface area contributed by atoms with E-state index in [4.69, 9.17) is 5.73 Å². The van der Waals surface area contributed by atoms with Gasteiger partial charge in [-0.15, -0.1) is 0 Å². The van der Waals surface area contributed by atoms with Crippen LogP contribution in [0, 0.1) is 6.92 Å². The molecule has 0 spiro atoms. The Balaban J connectivity index is 2.11. The normalized spacial score (nSPS) is 11.5. The highest BCUT2D eigenvalue weighted by atomic mass is 14.9. The highest BCUT2D eigenvalue weighted by molar-refractivity contribution is 5.97. The summed E-state index contributed by atoms with van der Waals surface area (Å²) >= 11 is 0. The van der Waals surface area contributed by atoms with Gasteiger partial charge in [0.15, 0.2) is 0 Å². The van der Waals surface area contributed by atoms with Crippen LogP contribution in [-0.2, 0) is 6.54 Å². The molecular weight excluding hydrogens is 210 g/mol. The van der Waals surface area contributed by atoms with Crippen LogP contribution in [0.25, 0.3) is 0 Å². The topological polar surface area (TPSA) is 51.3 Å². The first-order valence-electron chi connectivity index (χ1n) is 5.53. The van der Waals surface area contributed by atoms with Gasteiger partial charge in [-0.2, -0.15) is 0 Å². The highest BCUT2D eigenvalue weighted by Gasteiger charge is 1.97. The van der Waals surface area contributed by atoms with E-state index in [1.807, 2.05) is 55.5 Å². The van der Waals surface area contributed by atoms with Crippen molar-refractivity contribution in [1.29, 1.82) is 0 Å². The van der Waals surface area contributed by atoms with Gasteiger partial charge in [0.25, 0.3) is 0 Å². The first kappa shape index (κ1) is 11.3. The molecule has 0 aliphatic rings. The van der Waals surface area contributed by atoms with E-state index in [-0.39, 0.29) is 0 Å². The molecule has 0 radical (unpaired) electrons. The van der Waals surface area contributed by atoms with E-state index in [1.165, 1.54) is 0 Å². The van der Waals surface area contributed by atoms with Crippen LogP contribution < -0.4 is 5.73 Å². The predicted octanol–water partition coefficient (Wildman–Crippen LogP) is 2.30. The second-order valence-corrected chi connectivity index (χ2v) is 3.84. The third kappa shape index (κ3) is 3.14. The van der Waals surface area contributed by atoms with Crippen molar-refractivity contribution in [3.05, 3.63) is 65.5 Å². The van der Waals surface area contributed by atoms with E-state index in [1.54, 1.807) is 0 Å². The first-order chi connectivity index (χ1) is 8.25. The Bertz CT molecular complexity index is 518. The zero-order valence-corrected chi connectivity index (χ0v) is 9.80. The summed E-state index contributed by atoms with van der Waals surface area (Å²) in [6, 6.07) is 15.6. The molecule has 0 atom stereocenters. The molecule has 0 saturated heterocycles. The Hall–Kier alpha value is -2.16. The van der Waals surface area contributed by atoms with Crippen molar-refractivity contribution >= 4 is 5.84 Å². The first-order valence-corrected chi connectivity index (χ1v) is 5.53. The number of rotatable bonds is 3. The van der Waals surface area contributed by atoms with Crippen LogP contribution in [0.15, 0.2) is 53.5 Å². The number of pyridine rings is 1. The lowest BCUT2D eigenvalue weighted by molar-refractivity contribution is 0.966. The van der Waals surface area contributed by atoms with Gasteiger partial charge in [-0.25, -0.2) is 0 Å². The number of amidine groups is 1. The van der Waals surface area contributed by atoms with E-state index >= 15 is 0 Å². The molecule has 2 rings (SSSR count). The van der Waals surface area contributed by atoms with Crippen molar-refractivity contribution in [2.75, 3.05) is 0 Å². The molecular formula is C14H15N3. The minimum Gasteiger partial charge on any atom is -0.383 e. The van der Waals surface area contributed by atoms with Crippen LogP contribution in [0.5, 0.6) is 0 Å². The fraction of sp³-hybridized carbons (Fsp3) is 0.143. The molecule has 0 bridgehead atoms. The van der Waals surface area contributed by atoms with E-state index in [9.17, 15) is 0 Å². The average molecular weight is 225 g/mol. The lowest BCUT2D eigenvalue weighted by atomic mass is 10.2. The van der Waals surface area contributed by atoms with Crippen molar-refractivity contribution in [2.24, 2.45) is 10.7 Å². The summed E-state index contributed by atoms with van der Waals surface area (Å²) in [7, 11) is 0. The molecule has 0 unspecified atom stereocenters. The van der Waals surface area contributed by atoms with E-state index in [0.29, 0.717) is 12.4 Å². The van der Waals surface area contributed by atoms with Crippen LogP contribution in [0.1, 0.15) is 17.0 Å². The van der Waals surface area contributed by atoms with Gasteiger partial charge in [-0.05, 0) is 19.1 Å². The maximum Gasteiger partial charge on any atom is 0.126 e. The van der Waals surface area contributed by atoms with Crippen LogP contribution in [0.4, 0.5) is 0 Å². The molecule has 3 nitrogen and oxygen atoms in total. The summed E-state index contributed by atoms with van der Waals surface area (Å²) in [5.74, 6) is 0.550. The van der Waals surface area contributed by atoms with Crippen LogP contribution in [0.2, 0.25) is 0 Å². The third-order valence-electron chi connectivity index (χ3n) is 2.43. The van der Waals surface area contributed by atoms with E-state index < -0.39 is 0 Å². The van der Waals surface area contributed by atoms with Crippen molar-refractivity contribution in [2.45, 2.75) is 13.5 Å². The molecule has 0 fully saturated rings. The Morgan fingerprint density at radius 1 is 1.12 bits per heavy atom. The Kier molecular flexibility index (Phi) is 3.50. The number of aromatic nitrogens is 1. The van der Waals surface area contributed by atoms with Crippen LogP contribution >= 0.6 is 0 Å².